The second kappa shape index (κ2) is 7.32. The van der Waals surface area contributed by atoms with Crippen LogP contribution in [0.1, 0.15) is 30.9 Å². The summed E-state index contributed by atoms with van der Waals surface area (Å²) in [5, 5.41) is 12.5. The predicted octanol–water partition coefficient (Wildman–Crippen LogP) is 2.54. The monoisotopic (exact) mass is 367 g/mol. The van der Waals surface area contributed by atoms with Crippen molar-refractivity contribution < 1.29 is 13.7 Å². The van der Waals surface area contributed by atoms with Crippen LogP contribution in [0, 0.1) is 6.92 Å². The Morgan fingerprint density at radius 2 is 2.07 bits per heavy atom. The van der Waals surface area contributed by atoms with E-state index >= 15 is 0 Å². The summed E-state index contributed by atoms with van der Waals surface area (Å²) >= 11 is 0. The fraction of sp³-hybridized carbons (Fsp3) is 0.368. The van der Waals surface area contributed by atoms with Gasteiger partial charge in [0.15, 0.2) is 0 Å². The third kappa shape index (κ3) is 3.48. The first-order chi connectivity index (χ1) is 13.1. The molecule has 3 aromatic rings. The fourth-order valence-electron chi connectivity index (χ4n) is 3.51. The van der Waals surface area contributed by atoms with E-state index < -0.39 is 0 Å². The number of aromatic nitrogens is 3. The number of hydrogen-bond acceptors (Lipinski definition) is 7. The number of hydrogen-bond donors (Lipinski definition) is 1. The maximum absolute atomic E-state index is 11.7. The third-order valence-corrected chi connectivity index (χ3v) is 4.87. The van der Waals surface area contributed by atoms with Gasteiger partial charge in [-0.1, -0.05) is 41.9 Å². The van der Waals surface area contributed by atoms with Crippen LogP contribution in [0.4, 0.5) is 0 Å². The highest BCUT2D eigenvalue weighted by molar-refractivity contribution is 5.80. The van der Waals surface area contributed by atoms with E-state index in [0.29, 0.717) is 35.3 Å². The minimum atomic E-state index is -0.310. The lowest BCUT2D eigenvalue weighted by Gasteiger charge is -2.32. The van der Waals surface area contributed by atoms with E-state index in [1.807, 2.05) is 42.2 Å². The molecule has 1 unspecified atom stereocenters. The van der Waals surface area contributed by atoms with Crippen molar-refractivity contribution in [1.29, 1.82) is 0 Å². The van der Waals surface area contributed by atoms with Crippen LogP contribution in [0.15, 0.2) is 39.3 Å². The Labute approximate surface area is 156 Å². The van der Waals surface area contributed by atoms with Crippen molar-refractivity contribution in [2.45, 2.75) is 38.8 Å². The molecule has 1 aliphatic heterocycles. The molecule has 1 aromatic carbocycles. The van der Waals surface area contributed by atoms with Gasteiger partial charge in [-0.2, -0.15) is 0 Å². The summed E-state index contributed by atoms with van der Waals surface area (Å²) in [5.74, 6) is 1.10. The fourth-order valence-corrected chi connectivity index (χ4v) is 3.51. The second-order valence-electron chi connectivity index (χ2n) is 6.71. The standard InChI is InChI=1S/C19H21N5O3/c1-12-16(17(23-27-12)13-7-3-2-4-8-13)19-22-21-15(26-19)11-24-10-6-5-9-14(24)18(20)25/h2-4,7-8,14H,5-6,9-11H2,1H3,(H2,20,25). The quantitative estimate of drug-likeness (QED) is 0.737. The first-order valence-corrected chi connectivity index (χ1v) is 9.01. The molecule has 27 heavy (non-hydrogen) atoms. The Morgan fingerprint density at radius 3 is 2.85 bits per heavy atom. The minimum absolute atomic E-state index is 0.286. The van der Waals surface area contributed by atoms with Crippen LogP contribution in [-0.2, 0) is 11.3 Å². The predicted molar refractivity (Wildman–Crippen MR) is 97.2 cm³/mol. The lowest BCUT2D eigenvalue weighted by molar-refractivity contribution is -0.124. The van der Waals surface area contributed by atoms with Crippen LogP contribution in [-0.4, -0.2) is 38.7 Å². The maximum atomic E-state index is 11.7. The highest BCUT2D eigenvalue weighted by Crippen LogP contribution is 2.33. The Balaban J connectivity index is 1.60. The molecule has 0 aliphatic carbocycles. The van der Waals surface area contributed by atoms with Crippen LogP contribution in [0.25, 0.3) is 22.7 Å². The number of carbonyl (C=O) groups is 1. The van der Waals surface area contributed by atoms with Crippen molar-refractivity contribution in [2.75, 3.05) is 6.54 Å². The number of likely N-dealkylation sites (tertiary alicyclic amines) is 1. The zero-order valence-electron chi connectivity index (χ0n) is 15.1. The van der Waals surface area contributed by atoms with Crippen LogP contribution in [0.2, 0.25) is 0 Å². The summed E-state index contributed by atoms with van der Waals surface area (Å²) in [6.07, 6.45) is 2.78. The SMILES string of the molecule is Cc1onc(-c2ccccc2)c1-c1nnc(CN2CCCCC2C(N)=O)o1. The molecule has 1 atom stereocenters. The summed E-state index contributed by atoms with van der Waals surface area (Å²) in [6.45, 7) is 2.99. The Kier molecular flexibility index (Phi) is 4.72. The lowest BCUT2D eigenvalue weighted by atomic mass is 10.0. The summed E-state index contributed by atoms with van der Waals surface area (Å²) in [5.41, 5.74) is 7.79. The molecule has 4 rings (SSSR count). The molecule has 0 spiro atoms. The number of primary amides is 1. The van der Waals surface area contributed by atoms with E-state index in [2.05, 4.69) is 15.4 Å². The maximum Gasteiger partial charge on any atom is 0.253 e. The number of rotatable bonds is 5. The van der Waals surface area contributed by atoms with E-state index in [1.165, 1.54) is 0 Å². The van der Waals surface area contributed by atoms with Gasteiger partial charge in [0.25, 0.3) is 5.89 Å². The van der Waals surface area contributed by atoms with Gasteiger partial charge in [-0.05, 0) is 26.3 Å². The van der Waals surface area contributed by atoms with Gasteiger partial charge in [0.1, 0.15) is 17.0 Å². The second-order valence-corrected chi connectivity index (χ2v) is 6.71. The normalized spacial score (nSPS) is 17.9. The summed E-state index contributed by atoms with van der Waals surface area (Å²) in [6, 6.07) is 9.42. The summed E-state index contributed by atoms with van der Waals surface area (Å²) in [4.78, 5) is 13.7. The van der Waals surface area contributed by atoms with Crippen molar-refractivity contribution in [1.82, 2.24) is 20.3 Å². The molecule has 1 amide bonds. The van der Waals surface area contributed by atoms with Crippen LogP contribution < -0.4 is 5.73 Å². The van der Waals surface area contributed by atoms with Gasteiger partial charge in [0.2, 0.25) is 11.8 Å². The van der Waals surface area contributed by atoms with E-state index in [-0.39, 0.29) is 11.9 Å². The topological polar surface area (TPSA) is 111 Å². The molecule has 1 fully saturated rings. The number of nitrogens with two attached hydrogens (primary N) is 1. The van der Waals surface area contributed by atoms with Crippen LogP contribution >= 0.6 is 0 Å². The number of aryl methyl sites for hydroxylation is 1. The van der Waals surface area contributed by atoms with Gasteiger partial charge in [-0.25, -0.2) is 0 Å². The molecule has 3 heterocycles. The average molecular weight is 367 g/mol. The molecule has 8 nitrogen and oxygen atoms in total. The molecule has 140 valence electrons. The number of carbonyl (C=O) groups excluding carboxylic acids is 1. The highest BCUT2D eigenvalue weighted by atomic mass is 16.5. The van der Waals surface area contributed by atoms with E-state index in [9.17, 15) is 4.79 Å². The van der Waals surface area contributed by atoms with Gasteiger partial charge in [0.05, 0.1) is 12.6 Å². The molecule has 2 aromatic heterocycles. The molecule has 0 radical (unpaired) electrons. The van der Waals surface area contributed by atoms with Gasteiger partial charge in [-0.3, -0.25) is 9.69 Å². The number of benzene rings is 1. The molecule has 8 heteroatoms. The van der Waals surface area contributed by atoms with Crippen molar-refractivity contribution in [3.05, 3.63) is 42.0 Å². The van der Waals surface area contributed by atoms with Crippen molar-refractivity contribution in [2.24, 2.45) is 5.73 Å². The van der Waals surface area contributed by atoms with E-state index in [1.54, 1.807) is 0 Å². The molecule has 2 N–H and O–H groups in total. The summed E-state index contributed by atoms with van der Waals surface area (Å²) < 4.78 is 11.2. The molecular weight excluding hydrogens is 346 g/mol. The highest BCUT2D eigenvalue weighted by Gasteiger charge is 2.29. The molecule has 1 aliphatic rings. The van der Waals surface area contributed by atoms with E-state index in [0.717, 1.165) is 31.4 Å². The smallest absolute Gasteiger partial charge is 0.253 e. The largest absolute Gasteiger partial charge is 0.419 e. The number of nitrogens with zero attached hydrogens (tertiary/aromatic N) is 4. The minimum Gasteiger partial charge on any atom is -0.419 e. The average Bonchev–Trinajstić information content (AvgIpc) is 3.29. The van der Waals surface area contributed by atoms with Crippen LogP contribution in [0.5, 0.6) is 0 Å². The van der Waals surface area contributed by atoms with Crippen molar-refractivity contribution in [3.63, 3.8) is 0 Å². The van der Waals surface area contributed by atoms with Crippen LogP contribution in [0.3, 0.4) is 0 Å². The Bertz CT molecular complexity index is 934. The molecule has 0 saturated carbocycles. The number of amides is 1. The Morgan fingerprint density at radius 1 is 1.26 bits per heavy atom. The lowest BCUT2D eigenvalue weighted by Crippen LogP contribution is -2.47. The third-order valence-electron chi connectivity index (χ3n) is 4.87. The number of piperidine rings is 1. The zero-order valence-corrected chi connectivity index (χ0v) is 15.1. The van der Waals surface area contributed by atoms with Gasteiger partial charge >= 0.3 is 0 Å². The molecule has 1 saturated heterocycles. The first kappa shape index (κ1) is 17.4. The molecular formula is C19H21N5O3. The van der Waals surface area contributed by atoms with E-state index in [4.69, 9.17) is 14.7 Å². The molecule has 0 bridgehead atoms. The van der Waals surface area contributed by atoms with Gasteiger partial charge in [0, 0.05) is 5.56 Å². The Hall–Kier alpha value is -3.00. The van der Waals surface area contributed by atoms with Gasteiger partial charge < -0.3 is 14.7 Å². The summed E-state index contributed by atoms with van der Waals surface area (Å²) in [7, 11) is 0. The van der Waals surface area contributed by atoms with Crippen molar-refractivity contribution >= 4 is 5.91 Å². The first-order valence-electron chi connectivity index (χ1n) is 9.01. The van der Waals surface area contributed by atoms with Gasteiger partial charge in [-0.15, -0.1) is 10.2 Å². The van der Waals surface area contributed by atoms with Crippen molar-refractivity contribution in [3.8, 4) is 22.7 Å². The zero-order chi connectivity index (χ0) is 18.8.